The largest absolute Gasteiger partial charge is 0.399 e. The number of nitrogens with zero attached hydrogens (tertiary/aromatic N) is 1. The Morgan fingerprint density at radius 2 is 1.47 bits per heavy atom. The first kappa shape index (κ1) is 18.1. The molecule has 1 radical (unpaired) electrons. The van der Waals surface area contributed by atoms with Gasteiger partial charge in [-0.05, 0) is 36.4 Å². The van der Waals surface area contributed by atoms with E-state index in [4.69, 9.17) is 5.73 Å². The molecule has 0 unspecified atom stereocenters. The van der Waals surface area contributed by atoms with E-state index in [1.807, 2.05) is 18.2 Å². The van der Waals surface area contributed by atoms with Crippen LogP contribution in [-0.4, -0.2) is 4.98 Å². The quantitative estimate of drug-likeness (QED) is 0.459. The molecule has 0 amide bonds. The van der Waals surface area contributed by atoms with E-state index >= 15 is 0 Å². The van der Waals surface area contributed by atoms with Gasteiger partial charge in [0.1, 0.15) is 5.82 Å². The summed E-state index contributed by atoms with van der Waals surface area (Å²) < 4.78 is 12.0. The number of aromatic nitrogens is 1. The van der Waals surface area contributed by atoms with Gasteiger partial charge in [0.05, 0.1) is 0 Å². The molecule has 0 saturated carbocycles. The summed E-state index contributed by atoms with van der Waals surface area (Å²) in [5.41, 5.74) is 5.85. The topological polar surface area (TPSA) is 38.9 Å². The minimum atomic E-state index is -0.251. The van der Waals surface area contributed by atoms with Gasteiger partial charge in [0, 0.05) is 37.6 Å². The molecule has 2 aromatic rings. The second-order valence-electron chi connectivity index (χ2n) is 2.58. The van der Waals surface area contributed by atoms with E-state index in [2.05, 4.69) is 11.9 Å². The third kappa shape index (κ3) is 11.0. The third-order valence-electron chi connectivity index (χ3n) is 1.44. The summed E-state index contributed by atoms with van der Waals surface area (Å²) >= 11 is 0. The molecule has 1 heterocycles. The zero-order valence-electron chi connectivity index (χ0n) is 9.64. The van der Waals surface area contributed by atoms with Gasteiger partial charge in [-0.3, -0.25) is 4.98 Å². The maximum atomic E-state index is 12.0. The minimum Gasteiger partial charge on any atom is -0.399 e. The Labute approximate surface area is 115 Å². The smallest absolute Gasteiger partial charge is 0.123 e. The van der Waals surface area contributed by atoms with Crippen molar-refractivity contribution < 1.29 is 23.9 Å². The Balaban J connectivity index is 0. The van der Waals surface area contributed by atoms with Gasteiger partial charge in [-0.1, -0.05) is 6.07 Å². The monoisotopic (exact) mass is 322 g/mol. The molecule has 1 aromatic carbocycles. The number of halogens is 1. The van der Waals surface area contributed by atoms with E-state index in [0.717, 1.165) is 0 Å². The van der Waals surface area contributed by atoms with Gasteiger partial charge in [-0.2, -0.15) is 6.92 Å². The van der Waals surface area contributed by atoms with Gasteiger partial charge >= 0.3 is 0 Å². The first-order valence-corrected chi connectivity index (χ1v) is 4.86. The number of nitrogens with two attached hydrogens (primary N) is 1. The molecule has 1 aromatic heterocycles. The van der Waals surface area contributed by atoms with Crippen LogP contribution in [-0.2, 0) is 19.5 Å². The Kier molecular flexibility index (Phi) is 13.6. The molecule has 2 nitrogen and oxygen atoms in total. The van der Waals surface area contributed by atoms with Gasteiger partial charge in [0.25, 0.3) is 0 Å². The molecule has 0 bridgehead atoms. The normalized spacial score (nSPS) is 7.47. The number of pyridine rings is 1. The van der Waals surface area contributed by atoms with Gasteiger partial charge < -0.3 is 12.7 Å². The molecule has 2 rings (SSSR count). The molecule has 0 aliphatic rings. The standard InChI is InChI=1S/C6H6FN.C5H5N.C2H5.Rh/c7-5-1-3-6(8)4-2-5;1-2-4-6-5-3-1;1-2;/h1-4H,8H2;1-5H;1H2,2H3;/q;;-1;. The van der Waals surface area contributed by atoms with E-state index in [-0.39, 0.29) is 25.3 Å². The molecule has 0 atom stereocenters. The Bertz CT molecular complexity index is 304. The van der Waals surface area contributed by atoms with Crippen molar-refractivity contribution in [3.63, 3.8) is 0 Å². The fourth-order valence-corrected chi connectivity index (χ4v) is 0.775. The van der Waals surface area contributed by atoms with Crippen LogP contribution in [0.5, 0.6) is 0 Å². The van der Waals surface area contributed by atoms with Crippen molar-refractivity contribution in [1.82, 2.24) is 4.98 Å². The fourth-order valence-electron chi connectivity index (χ4n) is 0.775. The van der Waals surface area contributed by atoms with Crippen molar-refractivity contribution in [1.29, 1.82) is 0 Å². The number of nitrogen functional groups attached to an aromatic ring is 1. The first-order chi connectivity index (χ1) is 7.79. The molecule has 95 valence electrons. The van der Waals surface area contributed by atoms with Crippen LogP contribution in [0.3, 0.4) is 0 Å². The molecule has 17 heavy (non-hydrogen) atoms. The van der Waals surface area contributed by atoms with Crippen molar-refractivity contribution in [2.24, 2.45) is 0 Å². The first-order valence-electron chi connectivity index (χ1n) is 4.86. The second-order valence-corrected chi connectivity index (χ2v) is 2.58. The Hall–Kier alpha value is -1.28. The number of anilines is 1. The maximum Gasteiger partial charge on any atom is 0.123 e. The van der Waals surface area contributed by atoms with Crippen molar-refractivity contribution in [2.45, 2.75) is 6.92 Å². The van der Waals surface area contributed by atoms with E-state index in [1.54, 1.807) is 19.3 Å². The van der Waals surface area contributed by atoms with Gasteiger partial charge in [-0.15, -0.1) is 0 Å². The second kappa shape index (κ2) is 12.8. The van der Waals surface area contributed by atoms with Gasteiger partial charge in [0.15, 0.2) is 0 Å². The van der Waals surface area contributed by atoms with Crippen molar-refractivity contribution in [3.8, 4) is 0 Å². The van der Waals surface area contributed by atoms with Crippen molar-refractivity contribution in [2.75, 3.05) is 5.73 Å². The summed E-state index contributed by atoms with van der Waals surface area (Å²) in [6.45, 7) is 5.00. The molecule has 0 aliphatic carbocycles. The molecule has 0 fully saturated rings. The zero-order chi connectivity index (χ0) is 12.2. The number of rotatable bonds is 0. The summed E-state index contributed by atoms with van der Waals surface area (Å²) in [6, 6.07) is 11.4. The molecular formula is C13H16FN2Rh-. The van der Waals surface area contributed by atoms with Gasteiger partial charge in [-0.25, -0.2) is 4.39 Å². The number of benzene rings is 1. The van der Waals surface area contributed by atoms with Gasteiger partial charge in [0.2, 0.25) is 0 Å². The van der Waals surface area contributed by atoms with Crippen LogP contribution in [0, 0.1) is 12.7 Å². The van der Waals surface area contributed by atoms with Crippen LogP contribution in [0.1, 0.15) is 6.92 Å². The molecule has 0 saturated heterocycles. The predicted octanol–water partition coefficient (Wildman–Crippen LogP) is 3.33. The van der Waals surface area contributed by atoms with Crippen LogP contribution in [0.25, 0.3) is 0 Å². The summed E-state index contributed by atoms with van der Waals surface area (Å²) in [7, 11) is 0. The maximum absolute atomic E-state index is 12.0. The van der Waals surface area contributed by atoms with E-state index in [1.165, 1.54) is 24.3 Å². The summed E-state index contributed by atoms with van der Waals surface area (Å²) in [5, 5.41) is 0. The van der Waals surface area contributed by atoms with Crippen molar-refractivity contribution >= 4 is 5.69 Å². The molecule has 0 spiro atoms. The molecule has 0 aliphatic heterocycles. The average Bonchev–Trinajstić information content (AvgIpc) is 2.38. The summed E-state index contributed by atoms with van der Waals surface area (Å²) in [4.78, 5) is 3.78. The zero-order valence-corrected chi connectivity index (χ0v) is 11.3. The predicted molar refractivity (Wildman–Crippen MR) is 66.1 cm³/mol. The van der Waals surface area contributed by atoms with E-state index in [9.17, 15) is 4.39 Å². The molecule has 4 heteroatoms. The fraction of sp³-hybridized carbons (Fsp3) is 0.0769. The average molecular weight is 322 g/mol. The number of hydrogen-bond acceptors (Lipinski definition) is 2. The summed E-state index contributed by atoms with van der Waals surface area (Å²) in [5.74, 6) is -0.251. The van der Waals surface area contributed by atoms with Crippen LogP contribution in [0.4, 0.5) is 10.1 Å². The Morgan fingerprint density at radius 3 is 1.71 bits per heavy atom. The van der Waals surface area contributed by atoms with E-state index in [0.29, 0.717) is 5.69 Å². The van der Waals surface area contributed by atoms with Crippen LogP contribution in [0.15, 0.2) is 54.9 Å². The van der Waals surface area contributed by atoms with Crippen LogP contribution >= 0.6 is 0 Å². The van der Waals surface area contributed by atoms with Crippen LogP contribution < -0.4 is 5.73 Å². The van der Waals surface area contributed by atoms with Crippen LogP contribution in [0.2, 0.25) is 0 Å². The third-order valence-corrected chi connectivity index (χ3v) is 1.44. The Morgan fingerprint density at radius 1 is 1.00 bits per heavy atom. The SMILES string of the molecule is Nc1ccc(F)cc1.[CH2-]C.[Rh].c1ccncc1. The molecular weight excluding hydrogens is 306 g/mol. The van der Waals surface area contributed by atoms with E-state index < -0.39 is 0 Å². The number of hydrogen-bond donors (Lipinski definition) is 1. The summed E-state index contributed by atoms with van der Waals surface area (Å²) in [6.07, 6.45) is 3.50. The van der Waals surface area contributed by atoms with Crippen molar-refractivity contribution in [3.05, 3.63) is 67.6 Å². The minimum absolute atomic E-state index is 0. The molecule has 2 N–H and O–H groups in total.